The molecule has 2 heterocycles. The van der Waals surface area contributed by atoms with Gasteiger partial charge in [-0.3, -0.25) is 9.89 Å². The first-order valence-corrected chi connectivity index (χ1v) is 9.00. The van der Waals surface area contributed by atoms with E-state index in [9.17, 15) is 4.79 Å². The van der Waals surface area contributed by atoms with Crippen molar-refractivity contribution in [3.63, 3.8) is 0 Å². The Bertz CT molecular complexity index is 703. The maximum absolute atomic E-state index is 12.0. The summed E-state index contributed by atoms with van der Waals surface area (Å²) in [6.07, 6.45) is 6.32. The van der Waals surface area contributed by atoms with Gasteiger partial charge in [0.05, 0.1) is 0 Å². The van der Waals surface area contributed by atoms with Crippen molar-refractivity contribution in [1.82, 2.24) is 10.2 Å². The van der Waals surface area contributed by atoms with Gasteiger partial charge in [0, 0.05) is 34.4 Å². The van der Waals surface area contributed by atoms with E-state index in [-0.39, 0.29) is 11.8 Å². The number of aromatic amines is 1. The third kappa shape index (κ3) is 2.24. The van der Waals surface area contributed by atoms with Crippen molar-refractivity contribution in [2.24, 2.45) is 0 Å². The SMILES string of the molecule is CSc1ccc(C2CC(=O)Nc3n[nH]c(C4CCC4)c32)cc1. The van der Waals surface area contributed by atoms with Gasteiger partial charge >= 0.3 is 0 Å². The van der Waals surface area contributed by atoms with Crippen LogP contribution in [0, 0.1) is 0 Å². The predicted octanol–water partition coefficient (Wildman–Crippen LogP) is 3.87. The fraction of sp³-hybridized carbons (Fsp3) is 0.412. The molecule has 1 atom stereocenters. The number of anilines is 1. The Morgan fingerprint density at radius 1 is 1.23 bits per heavy atom. The molecule has 0 saturated heterocycles. The van der Waals surface area contributed by atoms with Crippen LogP contribution in [-0.4, -0.2) is 22.4 Å². The van der Waals surface area contributed by atoms with Crippen LogP contribution in [0.2, 0.25) is 0 Å². The summed E-state index contributed by atoms with van der Waals surface area (Å²) in [7, 11) is 0. The van der Waals surface area contributed by atoms with Crippen LogP contribution < -0.4 is 5.32 Å². The smallest absolute Gasteiger partial charge is 0.226 e. The van der Waals surface area contributed by atoms with Crippen LogP contribution >= 0.6 is 11.8 Å². The average molecular weight is 313 g/mol. The molecule has 1 aromatic carbocycles. The lowest BCUT2D eigenvalue weighted by Gasteiger charge is -2.29. The Kier molecular flexibility index (Phi) is 3.45. The Morgan fingerprint density at radius 2 is 2.00 bits per heavy atom. The lowest BCUT2D eigenvalue weighted by atomic mass is 9.77. The minimum Gasteiger partial charge on any atom is -0.309 e. The number of H-pyrrole nitrogens is 1. The average Bonchev–Trinajstić information content (AvgIpc) is 2.88. The van der Waals surface area contributed by atoms with Gasteiger partial charge in [-0.2, -0.15) is 5.10 Å². The predicted molar refractivity (Wildman–Crippen MR) is 88.5 cm³/mol. The molecule has 2 aliphatic rings. The number of hydrogen-bond donors (Lipinski definition) is 2. The van der Waals surface area contributed by atoms with Crippen molar-refractivity contribution >= 4 is 23.5 Å². The number of benzene rings is 1. The quantitative estimate of drug-likeness (QED) is 0.846. The van der Waals surface area contributed by atoms with Gasteiger partial charge in [-0.25, -0.2) is 0 Å². The first kappa shape index (κ1) is 13.9. The van der Waals surface area contributed by atoms with Crippen LogP contribution in [0.4, 0.5) is 5.82 Å². The van der Waals surface area contributed by atoms with E-state index in [0.29, 0.717) is 12.3 Å². The fourth-order valence-corrected chi connectivity index (χ4v) is 3.82. The normalized spacial score (nSPS) is 21.1. The summed E-state index contributed by atoms with van der Waals surface area (Å²) in [6, 6.07) is 8.57. The third-order valence-corrected chi connectivity index (χ3v) is 5.60. The zero-order valence-electron chi connectivity index (χ0n) is 12.6. The van der Waals surface area contributed by atoms with Gasteiger partial charge in [-0.05, 0) is 36.8 Å². The zero-order chi connectivity index (χ0) is 15.1. The van der Waals surface area contributed by atoms with Crippen LogP contribution in [-0.2, 0) is 4.79 Å². The molecule has 1 amide bonds. The topological polar surface area (TPSA) is 57.8 Å². The summed E-state index contributed by atoms with van der Waals surface area (Å²) in [5.74, 6) is 1.49. The molecule has 5 heteroatoms. The van der Waals surface area contributed by atoms with E-state index in [1.54, 1.807) is 11.8 Å². The number of nitrogens with zero attached hydrogens (tertiary/aromatic N) is 1. The molecular weight excluding hydrogens is 294 g/mol. The molecule has 1 unspecified atom stereocenters. The van der Waals surface area contributed by atoms with E-state index in [1.807, 2.05) is 0 Å². The van der Waals surface area contributed by atoms with E-state index < -0.39 is 0 Å². The maximum atomic E-state index is 12.0. The largest absolute Gasteiger partial charge is 0.309 e. The summed E-state index contributed by atoms with van der Waals surface area (Å²) in [5.41, 5.74) is 3.65. The molecule has 1 aromatic heterocycles. The molecule has 2 N–H and O–H groups in total. The molecule has 0 bridgehead atoms. The van der Waals surface area contributed by atoms with Crippen molar-refractivity contribution in [1.29, 1.82) is 0 Å². The highest BCUT2D eigenvalue weighted by Crippen LogP contribution is 2.45. The van der Waals surface area contributed by atoms with Crippen LogP contribution in [0.15, 0.2) is 29.2 Å². The van der Waals surface area contributed by atoms with E-state index in [2.05, 4.69) is 46.0 Å². The molecule has 4 nitrogen and oxygen atoms in total. The van der Waals surface area contributed by atoms with Crippen molar-refractivity contribution in [3.05, 3.63) is 41.1 Å². The molecule has 1 saturated carbocycles. The Morgan fingerprint density at radius 3 is 2.64 bits per heavy atom. The van der Waals surface area contributed by atoms with Crippen molar-refractivity contribution in [2.75, 3.05) is 11.6 Å². The Balaban J connectivity index is 1.76. The van der Waals surface area contributed by atoms with Crippen LogP contribution in [0.5, 0.6) is 0 Å². The molecular formula is C17H19N3OS. The minimum absolute atomic E-state index is 0.0538. The Labute approximate surface area is 134 Å². The van der Waals surface area contributed by atoms with Gasteiger partial charge in [0.15, 0.2) is 5.82 Å². The van der Waals surface area contributed by atoms with Gasteiger partial charge in [-0.15, -0.1) is 11.8 Å². The fourth-order valence-electron chi connectivity index (χ4n) is 3.41. The van der Waals surface area contributed by atoms with E-state index in [4.69, 9.17) is 0 Å². The van der Waals surface area contributed by atoms with Crippen LogP contribution in [0.3, 0.4) is 0 Å². The van der Waals surface area contributed by atoms with Gasteiger partial charge < -0.3 is 5.32 Å². The zero-order valence-corrected chi connectivity index (χ0v) is 13.4. The Hall–Kier alpha value is -1.75. The van der Waals surface area contributed by atoms with Gasteiger partial charge in [-0.1, -0.05) is 18.6 Å². The molecule has 2 aromatic rings. The first-order valence-electron chi connectivity index (χ1n) is 7.78. The summed E-state index contributed by atoms with van der Waals surface area (Å²) >= 11 is 1.73. The van der Waals surface area contributed by atoms with Gasteiger partial charge in [0.2, 0.25) is 5.91 Å². The monoisotopic (exact) mass is 313 g/mol. The summed E-state index contributed by atoms with van der Waals surface area (Å²) in [4.78, 5) is 13.3. The number of hydrogen-bond acceptors (Lipinski definition) is 3. The highest BCUT2D eigenvalue weighted by Gasteiger charge is 2.35. The third-order valence-electron chi connectivity index (χ3n) is 4.86. The molecule has 1 aliphatic carbocycles. The first-order chi connectivity index (χ1) is 10.8. The number of rotatable bonds is 3. The second-order valence-corrected chi connectivity index (χ2v) is 6.99. The van der Waals surface area contributed by atoms with Gasteiger partial charge in [0.25, 0.3) is 0 Å². The number of fused-ring (bicyclic) bond motifs is 1. The molecule has 4 rings (SSSR count). The standard InChI is InChI=1S/C17H19N3OS/c1-22-12-7-5-10(6-8-12)13-9-14(21)18-17-15(13)16(19-20-17)11-3-2-4-11/h5-8,11,13H,2-4,9H2,1H3,(H2,18,19,20,21). The lowest BCUT2D eigenvalue weighted by molar-refractivity contribution is -0.116. The lowest BCUT2D eigenvalue weighted by Crippen LogP contribution is -2.24. The maximum Gasteiger partial charge on any atom is 0.226 e. The summed E-state index contributed by atoms with van der Waals surface area (Å²) in [5, 5.41) is 10.5. The minimum atomic E-state index is 0.0538. The molecule has 0 spiro atoms. The summed E-state index contributed by atoms with van der Waals surface area (Å²) in [6.45, 7) is 0. The van der Waals surface area contributed by atoms with Crippen molar-refractivity contribution < 1.29 is 4.79 Å². The number of nitrogens with one attached hydrogen (secondary N) is 2. The highest BCUT2D eigenvalue weighted by atomic mass is 32.2. The summed E-state index contributed by atoms with van der Waals surface area (Å²) < 4.78 is 0. The number of carbonyl (C=O) groups is 1. The highest BCUT2D eigenvalue weighted by molar-refractivity contribution is 7.98. The number of carbonyl (C=O) groups excluding carboxylic acids is 1. The van der Waals surface area contributed by atoms with E-state index >= 15 is 0 Å². The number of aromatic nitrogens is 2. The second kappa shape index (κ2) is 5.47. The van der Waals surface area contributed by atoms with Crippen molar-refractivity contribution in [3.8, 4) is 0 Å². The van der Waals surface area contributed by atoms with Crippen LogP contribution in [0.1, 0.15) is 54.3 Å². The molecule has 1 fully saturated rings. The van der Waals surface area contributed by atoms with Crippen molar-refractivity contribution in [2.45, 2.75) is 42.4 Å². The van der Waals surface area contributed by atoms with Crippen LogP contribution in [0.25, 0.3) is 0 Å². The molecule has 114 valence electrons. The number of thioether (sulfide) groups is 1. The van der Waals surface area contributed by atoms with E-state index in [1.165, 1.54) is 41.0 Å². The molecule has 22 heavy (non-hydrogen) atoms. The molecule has 1 aliphatic heterocycles. The number of amides is 1. The van der Waals surface area contributed by atoms with E-state index in [0.717, 1.165) is 5.82 Å². The second-order valence-electron chi connectivity index (χ2n) is 6.11. The molecule has 0 radical (unpaired) electrons. The van der Waals surface area contributed by atoms with Gasteiger partial charge in [0.1, 0.15) is 0 Å².